The van der Waals surface area contributed by atoms with E-state index < -0.39 is 0 Å². The number of nitrogens with two attached hydrogens (primary N) is 1. The Balaban J connectivity index is 1.39. The van der Waals surface area contributed by atoms with Crippen LogP contribution in [0.5, 0.6) is 11.5 Å². The number of rotatable bonds is 8. The Kier molecular flexibility index (Phi) is 10.5. The Morgan fingerprint density at radius 3 is 2.27 bits per heavy atom. The lowest BCUT2D eigenvalue weighted by molar-refractivity contribution is 0.0766. The molecule has 2 aliphatic rings. The van der Waals surface area contributed by atoms with Crippen LogP contribution in [0.4, 0.5) is 11.4 Å². The maximum atomic E-state index is 13.5. The maximum absolute atomic E-state index is 13.5. The number of benzene rings is 3. The summed E-state index contributed by atoms with van der Waals surface area (Å²) in [5.74, 6) is 0.319. The second-order valence-corrected chi connectivity index (χ2v) is 11.9. The first-order valence-corrected chi connectivity index (χ1v) is 15.7. The molecule has 3 aromatic carbocycles. The van der Waals surface area contributed by atoms with Crippen LogP contribution in [0.3, 0.4) is 0 Å². The van der Waals surface area contributed by atoms with Gasteiger partial charge in [0.1, 0.15) is 0 Å². The fraction of sp³-hybridized carbons (Fsp3) is 0.382. The highest BCUT2D eigenvalue weighted by Gasteiger charge is 2.25. The molecule has 4 N–H and O–H groups in total. The van der Waals surface area contributed by atoms with Crippen LogP contribution < -0.4 is 30.7 Å². The van der Waals surface area contributed by atoms with Gasteiger partial charge in [0.25, 0.3) is 17.7 Å². The zero-order valence-corrected chi connectivity index (χ0v) is 26.4. The number of amides is 3. The van der Waals surface area contributed by atoms with E-state index >= 15 is 0 Å². The molecule has 1 heterocycles. The predicted molar refractivity (Wildman–Crippen MR) is 176 cm³/mol. The molecule has 0 bridgehead atoms. The number of hydrogen-bond donors (Lipinski definition) is 3. The Labute approximate surface area is 268 Å². The highest BCUT2D eigenvalue weighted by molar-refractivity contribution is 6.31. The van der Waals surface area contributed by atoms with Crippen LogP contribution in [0.1, 0.15) is 63.2 Å². The fourth-order valence-corrected chi connectivity index (χ4v) is 6.11. The smallest absolute Gasteiger partial charge is 0.255 e. The van der Waals surface area contributed by atoms with Gasteiger partial charge in [-0.3, -0.25) is 14.4 Å². The van der Waals surface area contributed by atoms with Crippen molar-refractivity contribution >= 4 is 40.7 Å². The van der Waals surface area contributed by atoms with Crippen molar-refractivity contribution in [3.05, 3.63) is 82.4 Å². The van der Waals surface area contributed by atoms with Crippen molar-refractivity contribution in [3.63, 3.8) is 0 Å². The van der Waals surface area contributed by atoms with Gasteiger partial charge in [-0.15, -0.1) is 0 Å². The third-order valence-corrected chi connectivity index (χ3v) is 8.69. The molecule has 0 aromatic heterocycles. The number of ether oxygens (including phenoxy) is 2. The molecule has 11 heteroatoms. The van der Waals surface area contributed by atoms with Crippen LogP contribution in [-0.2, 0) is 0 Å². The molecule has 238 valence electrons. The van der Waals surface area contributed by atoms with Gasteiger partial charge in [-0.1, -0.05) is 17.7 Å². The average molecular weight is 634 g/mol. The normalized spacial score (nSPS) is 18.5. The Morgan fingerprint density at radius 1 is 0.800 bits per heavy atom. The Bertz CT molecular complexity index is 1540. The van der Waals surface area contributed by atoms with E-state index in [1.54, 1.807) is 54.6 Å². The highest BCUT2D eigenvalue weighted by atomic mass is 35.5. The van der Waals surface area contributed by atoms with E-state index in [1.807, 2.05) is 11.0 Å². The van der Waals surface area contributed by atoms with Crippen molar-refractivity contribution in [2.75, 3.05) is 50.6 Å². The maximum Gasteiger partial charge on any atom is 0.255 e. The first-order chi connectivity index (χ1) is 21.7. The molecular weight excluding hydrogens is 594 g/mol. The topological polar surface area (TPSA) is 126 Å². The zero-order chi connectivity index (χ0) is 31.9. The number of halogens is 1. The van der Waals surface area contributed by atoms with E-state index in [9.17, 15) is 14.4 Å². The van der Waals surface area contributed by atoms with Crippen LogP contribution >= 0.6 is 11.6 Å². The molecule has 0 unspecified atom stereocenters. The molecule has 0 radical (unpaired) electrons. The molecule has 2 fully saturated rings. The molecule has 3 aromatic rings. The van der Waals surface area contributed by atoms with Crippen molar-refractivity contribution in [3.8, 4) is 11.5 Å². The van der Waals surface area contributed by atoms with Crippen LogP contribution in [0.2, 0.25) is 5.02 Å². The summed E-state index contributed by atoms with van der Waals surface area (Å²) in [5.41, 5.74) is 8.69. The van der Waals surface area contributed by atoms with E-state index in [2.05, 4.69) is 15.5 Å². The molecule has 5 rings (SSSR count). The largest absolute Gasteiger partial charge is 0.493 e. The van der Waals surface area contributed by atoms with E-state index in [0.29, 0.717) is 65.1 Å². The van der Waals surface area contributed by atoms with Gasteiger partial charge in [0.15, 0.2) is 11.5 Å². The van der Waals surface area contributed by atoms with Crippen LogP contribution in [-0.4, -0.2) is 75.1 Å². The third kappa shape index (κ3) is 7.87. The van der Waals surface area contributed by atoms with E-state index in [4.69, 9.17) is 26.8 Å². The lowest BCUT2D eigenvalue weighted by atomic mass is 9.91. The average Bonchev–Trinajstić information content (AvgIpc) is 3.31. The third-order valence-electron chi connectivity index (χ3n) is 8.46. The fourth-order valence-electron chi connectivity index (χ4n) is 5.92. The Hall–Kier alpha value is -4.28. The van der Waals surface area contributed by atoms with Crippen LogP contribution in [0.15, 0.2) is 60.7 Å². The van der Waals surface area contributed by atoms with Gasteiger partial charge in [-0.05, 0) is 86.7 Å². The summed E-state index contributed by atoms with van der Waals surface area (Å²) in [6.45, 7) is 2.27. The van der Waals surface area contributed by atoms with Gasteiger partial charge in [-0.25, -0.2) is 0 Å². The summed E-state index contributed by atoms with van der Waals surface area (Å²) in [6, 6.07) is 17.5. The minimum absolute atomic E-state index is 0.0652. The number of methoxy groups -OCH3 is 2. The molecular formula is C34H40ClN5O5. The molecule has 10 nitrogen and oxygen atoms in total. The highest BCUT2D eigenvalue weighted by Crippen LogP contribution is 2.32. The molecule has 1 saturated heterocycles. The van der Waals surface area contributed by atoms with Gasteiger partial charge in [0.2, 0.25) is 0 Å². The van der Waals surface area contributed by atoms with E-state index in [-0.39, 0.29) is 29.8 Å². The quantitative estimate of drug-likeness (QED) is 0.320. The molecule has 1 aliphatic carbocycles. The van der Waals surface area contributed by atoms with Gasteiger partial charge >= 0.3 is 0 Å². The van der Waals surface area contributed by atoms with Crippen molar-refractivity contribution in [1.82, 2.24) is 10.2 Å². The van der Waals surface area contributed by atoms with Gasteiger partial charge in [0, 0.05) is 60.0 Å². The molecule has 0 spiro atoms. The van der Waals surface area contributed by atoms with Gasteiger partial charge in [0.05, 0.1) is 25.6 Å². The summed E-state index contributed by atoms with van der Waals surface area (Å²) < 4.78 is 10.7. The first kappa shape index (κ1) is 32.1. The minimum atomic E-state index is -0.358. The van der Waals surface area contributed by atoms with E-state index in [0.717, 1.165) is 37.8 Å². The molecule has 3 amide bonds. The predicted octanol–water partition coefficient (Wildman–Crippen LogP) is 4.96. The zero-order valence-electron chi connectivity index (χ0n) is 25.7. The number of carbonyl (C=O) groups is 3. The van der Waals surface area contributed by atoms with Crippen molar-refractivity contribution in [1.29, 1.82) is 0 Å². The first-order valence-electron chi connectivity index (χ1n) is 15.3. The minimum Gasteiger partial charge on any atom is -0.493 e. The molecule has 45 heavy (non-hydrogen) atoms. The number of hydrogen-bond acceptors (Lipinski definition) is 7. The van der Waals surface area contributed by atoms with Gasteiger partial charge in [-0.2, -0.15) is 0 Å². The lowest BCUT2D eigenvalue weighted by Gasteiger charge is -2.28. The summed E-state index contributed by atoms with van der Waals surface area (Å²) >= 11 is 6.13. The standard InChI is InChI=1S/C34H40ClN5O5/c1-44-30-14-8-23(21-31(30)45-2)33(42)38-28-20-22(32(41)37-27-11-9-26(36)10-12-27)7-13-29(28)39-15-4-16-40(18-17-39)34(43)24-5-3-6-25(35)19-24/h3,5-8,13-14,19-21,26-27H,4,9-12,15-18,36H2,1-2H3,(H,37,41)(H,38,42). The number of carbonyl (C=O) groups excluding carboxylic acids is 3. The SMILES string of the molecule is COc1ccc(C(=O)Nc2cc(C(=O)NC3CCC(N)CC3)ccc2N2CCCN(C(=O)c3cccc(Cl)c3)CC2)cc1OC. The number of nitrogens with one attached hydrogen (secondary N) is 2. The van der Waals surface area contributed by atoms with Crippen molar-refractivity contribution in [2.24, 2.45) is 5.73 Å². The molecule has 1 aliphatic heterocycles. The van der Waals surface area contributed by atoms with Crippen LogP contribution in [0, 0.1) is 0 Å². The van der Waals surface area contributed by atoms with Gasteiger partial charge < -0.3 is 35.6 Å². The molecule has 1 saturated carbocycles. The van der Waals surface area contributed by atoms with Crippen molar-refractivity contribution < 1.29 is 23.9 Å². The van der Waals surface area contributed by atoms with Crippen LogP contribution in [0.25, 0.3) is 0 Å². The monoisotopic (exact) mass is 633 g/mol. The Morgan fingerprint density at radius 2 is 1.53 bits per heavy atom. The summed E-state index contributed by atoms with van der Waals surface area (Å²) in [5, 5.41) is 6.69. The van der Waals surface area contributed by atoms with Crippen molar-refractivity contribution in [2.45, 2.75) is 44.2 Å². The lowest BCUT2D eigenvalue weighted by Crippen LogP contribution is -2.40. The van der Waals surface area contributed by atoms with E-state index in [1.165, 1.54) is 14.2 Å². The second kappa shape index (κ2) is 14.7. The number of anilines is 2. The summed E-state index contributed by atoms with van der Waals surface area (Å²) in [7, 11) is 3.05. The molecule has 0 atom stereocenters. The summed E-state index contributed by atoms with van der Waals surface area (Å²) in [4.78, 5) is 44.1. The number of nitrogens with zero attached hydrogens (tertiary/aromatic N) is 2. The summed E-state index contributed by atoms with van der Waals surface area (Å²) in [6.07, 6.45) is 4.16. The second-order valence-electron chi connectivity index (χ2n) is 11.5.